The zero-order chi connectivity index (χ0) is 20.6. The van der Waals surface area contributed by atoms with E-state index in [1.54, 1.807) is 53.4 Å². The number of sulfonamides is 1. The Hall–Kier alpha value is -3.07. The highest BCUT2D eigenvalue weighted by Gasteiger charge is 2.34. The van der Waals surface area contributed by atoms with Crippen molar-refractivity contribution in [1.82, 2.24) is 0 Å². The van der Waals surface area contributed by atoms with Gasteiger partial charge in [-0.25, -0.2) is 8.42 Å². The van der Waals surface area contributed by atoms with Crippen LogP contribution in [0.1, 0.15) is 12.8 Å². The fraction of sp³-hybridized carbons (Fsp3) is 0.300. The van der Waals surface area contributed by atoms with E-state index in [4.69, 9.17) is 4.74 Å². The van der Waals surface area contributed by atoms with Gasteiger partial charge < -0.3 is 15.0 Å². The summed E-state index contributed by atoms with van der Waals surface area (Å²) < 4.78 is 31.3. The van der Waals surface area contributed by atoms with Gasteiger partial charge >= 0.3 is 0 Å². The number of ether oxygens (including phenoxy) is 1. The van der Waals surface area contributed by atoms with E-state index in [0.717, 1.165) is 18.4 Å². The number of hydrogen-bond donors (Lipinski definition) is 1. The number of amides is 2. The fourth-order valence-electron chi connectivity index (χ4n) is 3.52. The van der Waals surface area contributed by atoms with Crippen LogP contribution in [0, 0.1) is 0 Å². The lowest BCUT2D eigenvalue weighted by atomic mass is 10.2. The Kier molecular flexibility index (Phi) is 4.91. The molecule has 1 N–H and O–H groups in total. The summed E-state index contributed by atoms with van der Waals surface area (Å²) in [6.07, 6.45) is 1.51. The quantitative estimate of drug-likeness (QED) is 0.824. The van der Waals surface area contributed by atoms with E-state index in [-0.39, 0.29) is 12.5 Å². The highest BCUT2D eigenvalue weighted by atomic mass is 32.2. The van der Waals surface area contributed by atoms with Crippen LogP contribution in [0.2, 0.25) is 0 Å². The third kappa shape index (κ3) is 3.91. The van der Waals surface area contributed by atoms with Gasteiger partial charge in [-0.15, -0.1) is 0 Å². The van der Waals surface area contributed by atoms with Gasteiger partial charge in [0.15, 0.2) is 6.10 Å². The van der Waals surface area contributed by atoms with Crippen LogP contribution in [0.5, 0.6) is 5.75 Å². The first-order valence-electron chi connectivity index (χ1n) is 9.27. The zero-order valence-corrected chi connectivity index (χ0v) is 16.7. The maximum absolute atomic E-state index is 12.7. The molecule has 2 aliphatic heterocycles. The summed E-state index contributed by atoms with van der Waals surface area (Å²) >= 11 is 0. The number of rotatable bonds is 4. The molecule has 0 radical (unpaired) electrons. The van der Waals surface area contributed by atoms with Gasteiger partial charge in [-0.05, 0) is 42.8 Å². The van der Waals surface area contributed by atoms with Crippen LogP contribution in [0.25, 0.3) is 0 Å². The molecule has 1 saturated heterocycles. The molecule has 2 aliphatic rings. The highest BCUT2D eigenvalue weighted by Crippen LogP contribution is 2.34. The molecule has 29 heavy (non-hydrogen) atoms. The second-order valence-corrected chi connectivity index (χ2v) is 8.96. The van der Waals surface area contributed by atoms with Crippen molar-refractivity contribution in [2.45, 2.75) is 18.9 Å². The Morgan fingerprint density at radius 3 is 2.52 bits per heavy atom. The first kappa shape index (κ1) is 19.3. The number of benzene rings is 2. The molecule has 2 amide bonds. The van der Waals surface area contributed by atoms with Crippen LogP contribution in [-0.4, -0.2) is 45.7 Å². The summed E-state index contributed by atoms with van der Waals surface area (Å²) in [7, 11) is -3.56. The topological polar surface area (TPSA) is 96.0 Å². The molecule has 8 nitrogen and oxygen atoms in total. The van der Waals surface area contributed by atoms with Crippen LogP contribution in [0.4, 0.5) is 17.1 Å². The van der Waals surface area contributed by atoms with Gasteiger partial charge in [0.25, 0.3) is 5.91 Å². The first-order valence-corrected chi connectivity index (χ1v) is 11.1. The number of carbonyl (C=O) groups excluding carboxylic acids is 2. The molecular formula is C20H21N3O5S. The normalized spacial score (nSPS) is 18.9. The van der Waals surface area contributed by atoms with Gasteiger partial charge in [0.2, 0.25) is 15.9 Å². The van der Waals surface area contributed by atoms with Crippen molar-refractivity contribution >= 4 is 38.9 Å². The smallest absolute Gasteiger partial charge is 0.267 e. The van der Waals surface area contributed by atoms with Gasteiger partial charge in [0.05, 0.1) is 18.5 Å². The van der Waals surface area contributed by atoms with Gasteiger partial charge in [-0.3, -0.25) is 13.9 Å². The van der Waals surface area contributed by atoms with Gasteiger partial charge in [-0.2, -0.15) is 0 Å². The largest absolute Gasteiger partial charge is 0.476 e. The van der Waals surface area contributed by atoms with Crippen molar-refractivity contribution in [1.29, 1.82) is 0 Å². The lowest BCUT2D eigenvalue weighted by molar-refractivity contribution is -0.122. The third-order valence-corrected chi connectivity index (χ3v) is 6.09. The maximum Gasteiger partial charge on any atom is 0.267 e. The number of nitrogens with zero attached hydrogens (tertiary/aromatic N) is 2. The third-order valence-electron chi connectivity index (χ3n) is 4.95. The van der Waals surface area contributed by atoms with Crippen molar-refractivity contribution in [2.75, 3.05) is 33.9 Å². The second kappa shape index (κ2) is 7.40. The molecular weight excluding hydrogens is 394 g/mol. The summed E-state index contributed by atoms with van der Waals surface area (Å²) in [5, 5.41) is 2.75. The summed E-state index contributed by atoms with van der Waals surface area (Å²) in [6.45, 7) is 0.587. The van der Waals surface area contributed by atoms with Crippen LogP contribution in [-0.2, 0) is 19.6 Å². The molecule has 9 heteroatoms. The predicted molar refractivity (Wildman–Crippen MR) is 110 cm³/mol. The fourth-order valence-corrected chi connectivity index (χ4v) is 4.44. The number of nitrogens with one attached hydrogen (secondary N) is 1. The molecule has 1 unspecified atom stereocenters. The molecule has 4 rings (SSSR count). The minimum atomic E-state index is -3.56. The Bertz CT molecular complexity index is 1050. The number of anilines is 3. The molecule has 0 saturated carbocycles. The average Bonchev–Trinajstić information content (AvgIpc) is 3.13. The minimum absolute atomic E-state index is 0.0944. The first-order chi connectivity index (χ1) is 13.8. The zero-order valence-electron chi connectivity index (χ0n) is 15.9. The maximum atomic E-state index is 12.7. The van der Waals surface area contributed by atoms with Gasteiger partial charge in [0, 0.05) is 24.3 Å². The summed E-state index contributed by atoms with van der Waals surface area (Å²) in [4.78, 5) is 26.3. The molecule has 2 heterocycles. The van der Waals surface area contributed by atoms with Crippen LogP contribution < -0.4 is 19.3 Å². The standard InChI is InChI=1S/C20H21N3O5S/c1-29(26,27)23-13-18(28-17-6-3-2-5-16(17)23)20(25)21-14-8-10-15(11-9-14)22-12-4-7-19(22)24/h2-3,5-6,8-11,18H,4,7,12-13H2,1H3,(H,21,25). The summed E-state index contributed by atoms with van der Waals surface area (Å²) in [5.41, 5.74) is 1.74. The van der Waals surface area contributed by atoms with E-state index in [1.165, 1.54) is 4.31 Å². The SMILES string of the molecule is CS(=O)(=O)N1CC(C(=O)Nc2ccc(N3CCCC3=O)cc2)Oc2ccccc21. The molecule has 0 spiro atoms. The number of carbonyl (C=O) groups is 2. The number of fused-ring (bicyclic) bond motifs is 1. The van der Waals surface area contributed by atoms with Crippen molar-refractivity contribution in [3.05, 3.63) is 48.5 Å². The molecule has 1 fully saturated rings. The molecule has 0 aliphatic carbocycles. The van der Waals surface area contributed by atoms with E-state index in [9.17, 15) is 18.0 Å². The monoisotopic (exact) mass is 415 g/mol. The molecule has 1 atom stereocenters. The van der Waals surface area contributed by atoms with E-state index in [2.05, 4.69) is 5.32 Å². The lowest BCUT2D eigenvalue weighted by Crippen LogP contribution is -2.48. The second-order valence-electron chi connectivity index (χ2n) is 7.05. The van der Waals surface area contributed by atoms with Crippen LogP contribution >= 0.6 is 0 Å². The Labute approximate surface area is 169 Å². The van der Waals surface area contributed by atoms with Crippen molar-refractivity contribution < 1.29 is 22.7 Å². The highest BCUT2D eigenvalue weighted by molar-refractivity contribution is 7.92. The predicted octanol–water partition coefficient (Wildman–Crippen LogP) is 1.98. The van der Waals surface area contributed by atoms with E-state index in [1.807, 2.05) is 0 Å². The minimum Gasteiger partial charge on any atom is -0.476 e. The number of hydrogen-bond acceptors (Lipinski definition) is 5. The van der Waals surface area contributed by atoms with E-state index in [0.29, 0.717) is 30.1 Å². The molecule has 0 aromatic heterocycles. The van der Waals surface area contributed by atoms with Gasteiger partial charge in [0.1, 0.15) is 5.75 Å². The van der Waals surface area contributed by atoms with Gasteiger partial charge in [-0.1, -0.05) is 12.1 Å². The summed E-state index contributed by atoms with van der Waals surface area (Å²) in [6, 6.07) is 13.7. The number of para-hydroxylation sites is 2. The molecule has 152 valence electrons. The van der Waals surface area contributed by atoms with Crippen LogP contribution in [0.3, 0.4) is 0 Å². The van der Waals surface area contributed by atoms with Crippen molar-refractivity contribution in [3.63, 3.8) is 0 Å². The summed E-state index contributed by atoms with van der Waals surface area (Å²) in [5.74, 6) is -0.0118. The van der Waals surface area contributed by atoms with Crippen molar-refractivity contribution in [3.8, 4) is 5.75 Å². The van der Waals surface area contributed by atoms with Crippen molar-refractivity contribution in [2.24, 2.45) is 0 Å². The van der Waals surface area contributed by atoms with E-state index >= 15 is 0 Å². The van der Waals surface area contributed by atoms with Crippen LogP contribution in [0.15, 0.2) is 48.5 Å². The lowest BCUT2D eigenvalue weighted by Gasteiger charge is -2.33. The Morgan fingerprint density at radius 1 is 1.14 bits per heavy atom. The molecule has 0 bridgehead atoms. The Morgan fingerprint density at radius 2 is 1.86 bits per heavy atom. The molecule has 2 aromatic carbocycles. The van der Waals surface area contributed by atoms with E-state index < -0.39 is 22.0 Å². The molecule has 2 aromatic rings. The average molecular weight is 415 g/mol. The Balaban J connectivity index is 1.49.